The maximum Gasteiger partial charge on any atom is 0.193 e. The van der Waals surface area contributed by atoms with Gasteiger partial charge in [0.15, 0.2) is 5.96 Å². The fourth-order valence-electron chi connectivity index (χ4n) is 3.18. The van der Waals surface area contributed by atoms with E-state index in [1.807, 2.05) is 7.05 Å². The van der Waals surface area contributed by atoms with Gasteiger partial charge in [0.25, 0.3) is 0 Å². The first-order chi connectivity index (χ1) is 11.7. The maximum atomic E-state index is 4.49. The van der Waals surface area contributed by atoms with Gasteiger partial charge in [-0.05, 0) is 23.4 Å². The lowest BCUT2D eigenvalue weighted by Gasteiger charge is -2.36. The van der Waals surface area contributed by atoms with Crippen LogP contribution in [0.5, 0.6) is 0 Å². The number of aromatic nitrogens is 1. The zero-order valence-corrected chi connectivity index (χ0v) is 18.4. The standard InChI is InChI=1S/C19H28N4S.HI/c1-14(2)18-13-23(10-11-24-18)19(20-3)21-9-8-16-12-15-6-4-5-7-17(15)22-16;/h4-7,12,14,18,22H,8-11,13H2,1-3H3,(H,20,21);1H. The molecule has 1 unspecified atom stereocenters. The Balaban J connectivity index is 0.00000225. The molecule has 1 fully saturated rings. The van der Waals surface area contributed by atoms with E-state index in [1.54, 1.807) is 0 Å². The minimum atomic E-state index is 0. The SMILES string of the molecule is CN=C(NCCc1cc2ccccc2[nH]1)N1CCSC(C(C)C)C1.I. The van der Waals surface area contributed by atoms with Gasteiger partial charge in [0.1, 0.15) is 0 Å². The Bertz CT molecular complexity index is 665. The molecule has 1 atom stereocenters. The molecule has 6 heteroatoms. The van der Waals surface area contributed by atoms with Gasteiger partial charge in [0, 0.05) is 55.3 Å². The lowest BCUT2D eigenvalue weighted by Crippen LogP contribution is -2.49. The van der Waals surface area contributed by atoms with E-state index in [1.165, 1.54) is 22.3 Å². The molecule has 0 radical (unpaired) electrons. The van der Waals surface area contributed by atoms with Crippen LogP contribution in [0, 0.1) is 5.92 Å². The largest absolute Gasteiger partial charge is 0.358 e. The van der Waals surface area contributed by atoms with Crippen molar-refractivity contribution >= 4 is 52.6 Å². The molecule has 0 bridgehead atoms. The number of halogens is 1. The molecule has 138 valence electrons. The highest BCUT2D eigenvalue weighted by Crippen LogP contribution is 2.24. The minimum absolute atomic E-state index is 0. The van der Waals surface area contributed by atoms with Crippen molar-refractivity contribution in [1.82, 2.24) is 15.2 Å². The van der Waals surface area contributed by atoms with Crippen molar-refractivity contribution in [3.63, 3.8) is 0 Å². The van der Waals surface area contributed by atoms with E-state index in [0.29, 0.717) is 11.2 Å². The Morgan fingerprint density at radius 3 is 2.92 bits per heavy atom. The van der Waals surface area contributed by atoms with Crippen LogP contribution in [-0.4, -0.2) is 53.5 Å². The third-order valence-electron chi connectivity index (χ3n) is 4.61. The van der Waals surface area contributed by atoms with Crippen molar-refractivity contribution in [3.8, 4) is 0 Å². The number of aliphatic imine (C=N–C) groups is 1. The van der Waals surface area contributed by atoms with Crippen LogP contribution < -0.4 is 5.32 Å². The minimum Gasteiger partial charge on any atom is -0.358 e. The smallest absolute Gasteiger partial charge is 0.193 e. The molecule has 2 aromatic rings. The van der Waals surface area contributed by atoms with Gasteiger partial charge in [0.2, 0.25) is 0 Å². The molecule has 1 aromatic carbocycles. The number of fused-ring (bicyclic) bond motifs is 1. The number of thioether (sulfide) groups is 1. The summed E-state index contributed by atoms with van der Waals surface area (Å²) >= 11 is 2.10. The van der Waals surface area contributed by atoms with Gasteiger partial charge in [-0.1, -0.05) is 32.0 Å². The number of hydrogen-bond acceptors (Lipinski definition) is 2. The molecular formula is C19H29IN4S. The van der Waals surface area contributed by atoms with Crippen LogP contribution in [0.4, 0.5) is 0 Å². The van der Waals surface area contributed by atoms with E-state index in [9.17, 15) is 0 Å². The molecule has 1 saturated heterocycles. The first kappa shape index (κ1) is 20.4. The normalized spacial score (nSPS) is 18.5. The van der Waals surface area contributed by atoms with Crippen molar-refractivity contribution in [1.29, 1.82) is 0 Å². The van der Waals surface area contributed by atoms with Crippen molar-refractivity contribution in [2.45, 2.75) is 25.5 Å². The molecule has 4 nitrogen and oxygen atoms in total. The van der Waals surface area contributed by atoms with Gasteiger partial charge >= 0.3 is 0 Å². The third kappa shape index (κ3) is 5.29. The second-order valence-electron chi connectivity index (χ2n) is 6.71. The summed E-state index contributed by atoms with van der Waals surface area (Å²) in [5.41, 5.74) is 2.48. The number of benzene rings is 1. The van der Waals surface area contributed by atoms with Gasteiger partial charge in [-0.2, -0.15) is 11.8 Å². The Hall–Kier alpha value is -0.890. The molecule has 0 spiro atoms. The van der Waals surface area contributed by atoms with Gasteiger partial charge in [-0.15, -0.1) is 24.0 Å². The molecule has 2 heterocycles. The number of hydrogen-bond donors (Lipinski definition) is 2. The van der Waals surface area contributed by atoms with Gasteiger partial charge < -0.3 is 15.2 Å². The van der Waals surface area contributed by atoms with E-state index in [0.717, 1.165) is 32.0 Å². The van der Waals surface area contributed by atoms with Crippen LogP contribution in [0.1, 0.15) is 19.5 Å². The second kappa shape index (κ2) is 9.71. The number of nitrogens with one attached hydrogen (secondary N) is 2. The molecule has 0 amide bonds. The van der Waals surface area contributed by atoms with Crippen LogP contribution in [-0.2, 0) is 6.42 Å². The first-order valence-corrected chi connectivity index (χ1v) is 9.86. The Morgan fingerprint density at radius 1 is 1.40 bits per heavy atom. The molecule has 3 rings (SSSR count). The zero-order chi connectivity index (χ0) is 16.9. The first-order valence-electron chi connectivity index (χ1n) is 8.81. The molecular weight excluding hydrogens is 443 g/mol. The highest BCUT2D eigenvalue weighted by molar-refractivity contribution is 14.0. The van der Waals surface area contributed by atoms with Crippen molar-refractivity contribution < 1.29 is 0 Å². The molecule has 1 aliphatic rings. The predicted molar refractivity (Wildman–Crippen MR) is 121 cm³/mol. The Kier molecular flexibility index (Phi) is 7.93. The summed E-state index contributed by atoms with van der Waals surface area (Å²) in [5.74, 6) is 2.94. The van der Waals surface area contributed by atoms with E-state index in [2.05, 4.69) is 76.1 Å². The number of nitrogens with zero attached hydrogens (tertiary/aromatic N) is 2. The van der Waals surface area contributed by atoms with Crippen LogP contribution in [0.25, 0.3) is 10.9 Å². The van der Waals surface area contributed by atoms with Crippen molar-refractivity contribution in [3.05, 3.63) is 36.0 Å². The number of rotatable bonds is 4. The summed E-state index contributed by atoms with van der Waals surface area (Å²) in [6.07, 6.45) is 0.976. The van der Waals surface area contributed by atoms with Gasteiger partial charge in [0.05, 0.1) is 0 Å². The van der Waals surface area contributed by atoms with Gasteiger partial charge in [-0.25, -0.2) is 0 Å². The lowest BCUT2D eigenvalue weighted by atomic mass is 10.1. The van der Waals surface area contributed by atoms with Crippen LogP contribution >= 0.6 is 35.7 Å². The highest BCUT2D eigenvalue weighted by atomic mass is 127. The summed E-state index contributed by atoms with van der Waals surface area (Å²) in [6, 6.07) is 10.7. The second-order valence-corrected chi connectivity index (χ2v) is 8.05. The topological polar surface area (TPSA) is 43.4 Å². The number of para-hydroxylation sites is 1. The zero-order valence-electron chi connectivity index (χ0n) is 15.3. The van der Waals surface area contributed by atoms with Crippen LogP contribution in [0.15, 0.2) is 35.3 Å². The third-order valence-corrected chi connectivity index (χ3v) is 6.15. The van der Waals surface area contributed by atoms with Crippen molar-refractivity contribution in [2.75, 3.05) is 32.4 Å². The number of aromatic amines is 1. The molecule has 0 saturated carbocycles. The van der Waals surface area contributed by atoms with Crippen LogP contribution in [0.2, 0.25) is 0 Å². The predicted octanol–water partition coefficient (Wildman–Crippen LogP) is 3.98. The summed E-state index contributed by atoms with van der Waals surface area (Å²) in [4.78, 5) is 10.4. The summed E-state index contributed by atoms with van der Waals surface area (Å²) in [5, 5.41) is 5.52. The Morgan fingerprint density at radius 2 is 2.20 bits per heavy atom. The average molecular weight is 472 g/mol. The summed E-state index contributed by atoms with van der Waals surface area (Å²) in [7, 11) is 1.89. The monoisotopic (exact) mass is 472 g/mol. The number of H-pyrrole nitrogens is 1. The van der Waals surface area contributed by atoms with E-state index in [-0.39, 0.29) is 24.0 Å². The summed E-state index contributed by atoms with van der Waals surface area (Å²) < 4.78 is 0. The maximum absolute atomic E-state index is 4.49. The number of guanidine groups is 1. The fraction of sp³-hybridized carbons (Fsp3) is 0.526. The molecule has 1 aromatic heterocycles. The highest BCUT2D eigenvalue weighted by Gasteiger charge is 2.24. The lowest BCUT2D eigenvalue weighted by molar-refractivity contribution is 0.381. The van der Waals surface area contributed by atoms with Gasteiger partial charge in [-0.3, -0.25) is 4.99 Å². The quantitative estimate of drug-likeness (QED) is 0.402. The molecule has 0 aliphatic carbocycles. The molecule has 1 aliphatic heterocycles. The Labute approximate surface area is 172 Å². The molecule has 25 heavy (non-hydrogen) atoms. The fourth-order valence-corrected chi connectivity index (χ4v) is 4.48. The average Bonchev–Trinajstić information content (AvgIpc) is 3.01. The summed E-state index contributed by atoms with van der Waals surface area (Å²) in [6.45, 7) is 7.70. The van der Waals surface area contributed by atoms with E-state index in [4.69, 9.17) is 0 Å². The van der Waals surface area contributed by atoms with Crippen LogP contribution in [0.3, 0.4) is 0 Å². The van der Waals surface area contributed by atoms with E-state index < -0.39 is 0 Å². The van der Waals surface area contributed by atoms with Crippen molar-refractivity contribution in [2.24, 2.45) is 10.9 Å². The molecule has 2 N–H and O–H groups in total. The van der Waals surface area contributed by atoms with E-state index >= 15 is 0 Å².